The molecule has 0 saturated carbocycles. The van der Waals surface area contributed by atoms with Gasteiger partial charge in [0, 0.05) is 26.8 Å². The lowest BCUT2D eigenvalue weighted by molar-refractivity contribution is -0.137. The molecular formula is C20H32N2O2. The number of rotatable bonds is 7. The number of amides is 1. The van der Waals surface area contributed by atoms with Crippen molar-refractivity contribution in [2.24, 2.45) is 5.92 Å². The summed E-state index contributed by atoms with van der Waals surface area (Å²) in [5.41, 5.74) is 2.30. The molecule has 0 aromatic heterocycles. The van der Waals surface area contributed by atoms with Crippen LogP contribution in [0.3, 0.4) is 0 Å². The zero-order valence-corrected chi connectivity index (χ0v) is 15.6. The number of hydrogen-bond acceptors (Lipinski definition) is 3. The second kappa shape index (κ2) is 9.19. The van der Waals surface area contributed by atoms with Crippen LogP contribution in [0.15, 0.2) is 24.3 Å². The molecule has 1 heterocycles. The molecule has 0 N–H and O–H groups in total. The van der Waals surface area contributed by atoms with Gasteiger partial charge in [0.2, 0.25) is 5.91 Å². The molecule has 1 atom stereocenters. The third kappa shape index (κ3) is 4.81. The zero-order chi connectivity index (χ0) is 17.5. The highest BCUT2D eigenvalue weighted by Gasteiger charge is 2.31. The smallest absolute Gasteiger partial charge is 0.244 e. The average molecular weight is 332 g/mol. The van der Waals surface area contributed by atoms with E-state index >= 15 is 0 Å². The fraction of sp³-hybridized carbons (Fsp3) is 0.650. The lowest BCUT2D eigenvalue weighted by Crippen LogP contribution is -2.44. The molecule has 1 aromatic carbocycles. The van der Waals surface area contributed by atoms with E-state index in [0.717, 1.165) is 50.4 Å². The predicted molar refractivity (Wildman–Crippen MR) is 98.0 cm³/mol. The maximum absolute atomic E-state index is 13.1. The molecule has 1 aliphatic heterocycles. The Morgan fingerprint density at radius 3 is 2.54 bits per heavy atom. The van der Waals surface area contributed by atoms with Crippen LogP contribution in [-0.2, 0) is 9.53 Å². The van der Waals surface area contributed by atoms with Gasteiger partial charge in [0.1, 0.15) is 6.04 Å². The average Bonchev–Trinajstić information content (AvgIpc) is 2.57. The highest BCUT2D eigenvalue weighted by molar-refractivity contribution is 5.83. The Bertz CT molecular complexity index is 522. The standard InChI is InChI=1S/C20H32N2O2/c1-16-8-5-6-10-18(16)19(21(2)3)20(23)22-13-11-17(12-14-22)9-7-15-24-4/h5-6,8,10,17,19H,7,9,11-15H2,1-4H3. The van der Waals surface area contributed by atoms with Gasteiger partial charge >= 0.3 is 0 Å². The molecule has 24 heavy (non-hydrogen) atoms. The second-order valence-corrected chi connectivity index (χ2v) is 7.13. The fourth-order valence-electron chi connectivity index (χ4n) is 3.66. The number of likely N-dealkylation sites (tertiary alicyclic amines) is 1. The van der Waals surface area contributed by atoms with E-state index in [1.807, 2.05) is 31.1 Å². The summed E-state index contributed by atoms with van der Waals surface area (Å²) >= 11 is 0. The second-order valence-electron chi connectivity index (χ2n) is 7.13. The minimum absolute atomic E-state index is 0.184. The predicted octanol–water partition coefficient (Wildman–Crippen LogP) is 3.26. The summed E-state index contributed by atoms with van der Waals surface area (Å²) in [6, 6.07) is 8.03. The first-order valence-electron chi connectivity index (χ1n) is 9.04. The maximum atomic E-state index is 13.1. The van der Waals surface area contributed by atoms with Crippen LogP contribution in [0.25, 0.3) is 0 Å². The largest absolute Gasteiger partial charge is 0.385 e. The number of aryl methyl sites for hydroxylation is 1. The Morgan fingerprint density at radius 2 is 1.96 bits per heavy atom. The Kier molecular flexibility index (Phi) is 7.25. The van der Waals surface area contributed by atoms with E-state index in [0.29, 0.717) is 0 Å². The number of nitrogens with zero attached hydrogens (tertiary/aromatic N) is 2. The molecular weight excluding hydrogens is 300 g/mol. The quantitative estimate of drug-likeness (QED) is 0.719. The van der Waals surface area contributed by atoms with Crippen molar-refractivity contribution < 1.29 is 9.53 Å². The third-order valence-electron chi connectivity index (χ3n) is 5.12. The summed E-state index contributed by atoms with van der Waals surface area (Å²) in [5, 5.41) is 0. The molecule has 0 bridgehead atoms. The summed E-state index contributed by atoms with van der Waals surface area (Å²) in [5.74, 6) is 0.977. The molecule has 1 fully saturated rings. The summed E-state index contributed by atoms with van der Waals surface area (Å²) < 4.78 is 5.14. The van der Waals surface area contributed by atoms with Gasteiger partial charge in [0.15, 0.2) is 0 Å². The van der Waals surface area contributed by atoms with E-state index in [4.69, 9.17) is 4.74 Å². The van der Waals surface area contributed by atoms with Gasteiger partial charge < -0.3 is 9.64 Å². The Morgan fingerprint density at radius 1 is 1.29 bits per heavy atom. The minimum Gasteiger partial charge on any atom is -0.385 e. The van der Waals surface area contributed by atoms with Crippen LogP contribution in [0, 0.1) is 12.8 Å². The van der Waals surface area contributed by atoms with Crippen molar-refractivity contribution in [3.05, 3.63) is 35.4 Å². The number of carbonyl (C=O) groups excluding carboxylic acids is 1. The van der Waals surface area contributed by atoms with Gasteiger partial charge in [-0.15, -0.1) is 0 Å². The highest BCUT2D eigenvalue weighted by atomic mass is 16.5. The highest BCUT2D eigenvalue weighted by Crippen LogP contribution is 2.28. The molecule has 1 saturated heterocycles. The molecule has 0 aliphatic carbocycles. The summed E-state index contributed by atoms with van der Waals surface area (Å²) in [7, 11) is 5.74. The molecule has 1 unspecified atom stereocenters. The van der Waals surface area contributed by atoms with Crippen LogP contribution >= 0.6 is 0 Å². The first-order valence-corrected chi connectivity index (χ1v) is 9.04. The number of hydrogen-bond donors (Lipinski definition) is 0. The van der Waals surface area contributed by atoms with Crippen LogP contribution < -0.4 is 0 Å². The first kappa shape index (κ1) is 18.9. The lowest BCUT2D eigenvalue weighted by atomic mass is 9.91. The van der Waals surface area contributed by atoms with Crippen molar-refractivity contribution in [1.82, 2.24) is 9.80 Å². The monoisotopic (exact) mass is 332 g/mol. The van der Waals surface area contributed by atoms with Gasteiger partial charge in [0.05, 0.1) is 0 Å². The lowest BCUT2D eigenvalue weighted by Gasteiger charge is -2.36. The minimum atomic E-state index is -0.184. The Hall–Kier alpha value is -1.39. The van der Waals surface area contributed by atoms with Crippen LogP contribution in [-0.4, -0.2) is 56.6 Å². The van der Waals surface area contributed by atoms with Crippen molar-refractivity contribution >= 4 is 5.91 Å². The van der Waals surface area contributed by atoms with Gasteiger partial charge in [-0.25, -0.2) is 0 Å². The van der Waals surface area contributed by atoms with Gasteiger partial charge in [0.25, 0.3) is 0 Å². The molecule has 1 aromatic rings. The van der Waals surface area contributed by atoms with E-state index in [2.05, 4.69) is 24.0 Å². The Labute approximate surface area is 146 Å². The molecule has 0 radical (unpaired) electrons. The van der Waals surface area contributed by atoms with Crippen molar-refractivity contribution in [2.45, 2.75) is 38.6 Å². The molecule has 1 aliphatic rings. The van der Waals surface area contributed by atoms with E-state index in [1.54, 1.807) is 7.11 Å². The van der Waals surface area contributed by atoms with Gasteiger partial charge in [-0.05, 0) is 63.7 Å². The molecule has 134 valence electrons. The zero-order valence-electron chi connectivity index (χ0n) is 15.6. The van der Waals surface area contributed by atoms with Crippen LogP contribution in [0.5, 0.6) is 0 Å². The first-order chi connectivity index (χ1) is 11.5. The molecule has 4 heteroatoms. The van der Waals surface area contributed by atoms with Gasteiger partial charge in [-0.2, -0.15) is 0 Å². The number of piperidine rings is 1. The van der Waals surface area contributed by atoms with Crippen molar-refractivity contribution in [3.63, 3.8) is 0 Å². The van der Waals surface area contributed by atoms with Crippen molar-refractivity contribution in [2.75, 3.05) is 40.9 Å². The maximum Gasteiger partial charge on any atom is 0.244 e. The number of ether oxygens (including phenoxy) is 1. The molecule has 0 spiro atoms. The van der Waals surface area contributed by atoms with Crippen LogP contribution in [0.1, 0.15) is 42.9 Å². The van der Waals surface area contributed by atoms with E-state index in [-0.39, 0.29) is 11.9 Å². The van der Waals surface area contributed by atoms with Gasteiger partial charge in [-0.3, -0.25) is 9.69 Å². The normalized spacial score (nSPS) is 17.3. The summed E-state index contributed by atoms with van der Waals surface area (Å²) in [6.45, 7) is 4.69. The number of benzene rings is 1. The summed E-state index contributed by atoms with van der Waals surface area (Å²) in [4.78, 5) is 17.2. The number of likely N-dealkylation sites (N-methyl/N-ethyl adjacent to an activating group) is 1. The van der Waals surface area contributed by atoms with Crippen LogP contribution in [0.4, 0.5) is 0 Å². The topological polar surface area (TPSA) is 32.8 Å². The van der Waals surface area contributed by atoms with E-state index < -0.39 is 0 Å². The fourth-order valence-corrected chi connectivity index (χ4v) is 3.66. The summed E-state index contributed by atoms with van der Waals surface area (Å²) in [6.07, 6.45) is 4.57. The molecule has 4 nitrogen and oxygen atoms in total. The van der Waals surface area contributed by atoms with Crippen molar-refractivity contribution in [1.29, 1.82) is 0 Å². The van der Waals surface area contributed by atoms with E-state index in [1.165, 1.54) is 12.0 Å². The van der Waals surface area contributed by atoms with Crippen LogP contribution in [0.2, 0.25) is 0 Å². The van der Waals surface area contributed by atoms with E-state index in [9.17, 15) is 4.79 Å². The van der Waals surface area contributed by atoms with Crippen molar-refractivity contribution in [3.8, 4) is 0 Å². The Balaban J connectivity index is 1.98. The third-order valence-corrected chi connectivity index (χ3v) is 5.12. The number of methoxy groups -OCH3 is 1. The molecule has 1 amide bonds. The van der Waals surface area contributed by atoms with Gasteiger partial charge in [-0.1, -0.05) is 24.3 Å². The molecule has 2 rings (SSSR count). The SMILES string of the molecule is COCCCC1CCN(C(=O)C(c2ccccc2C)N(C)C)CC1. The number of carbonyl (C=O) groups is 1.